The van der Waals surface area contributed by atoms with Crippen molar-refractivity contribution in [3.05, 3.63) is 5.69 Å². The maximum Gasteiger partial charge on any atom is 0.147 e. The number of nitrogen functional groups attached to an aromatic ring is 1. The summed E-state index contributed by atoms with van der Waals surface area (Å²) in [5.74, 6) is 0.834. The Morgan fingerprint density at radius 2 is 2.24 bits per heavy atom. The van der Waals surface area contributed by atoms with E-state index < -0.39 is 0 Å². The first-order valence-electron chi connectivity index (χ1n) is 5.94. The van der Waals surface area contributed by atoms with Crippen molar-refractivity contribution in [2.45, 2.75) is 19.8 Å². The van der Waals surface area contributed by atoms with Gasteiger partial charge in [0, 0.05) is 13.6 Å². The first-order chi connectivity index (χ1) is 8.20. The molecule has 0 aromatic carbocycles. The van der Waals surface area contributed by atoms with Crippen molar-refractivity contribution in [2.75, 3.05) is 37.4 Å². The van der Waals surface area contributed by atoms with Crippen molar-refractivity contribution in [1.29, 1.82) is 0 Å². The third kappa shape index (κ3) is 3.90. The number of anilines is 2. The van der Waals surface area contributed by atoms with Gasteiger partial charge in [0.05, 0.1) is 31.2 Å². The second-order valence-electron chi connectivity index (χ2n) is 3.85. The lowest BCUT2D eigenvalue weighted by Gasteiger charge is -2.07. The summed E-state index contributed by atoms with van der Waals surface area (Å²) in [7, 11) is 1.87. The van der Waals surface area contributed by atoms with Gasteiger partial charge in [-0.05, 0) is 6.42 Å². The Hall–Kier alpha value is -1.27. The molecule has 0 unspecified atom stereocenters. The van der Waals surface area contributed by atoms with Crippen LogP contribution in [0.1, 0.15) is 19.0 Å². The predicted molar refractivity (Wildman–Crippen MR) is 68.0 cm³/mol. The normalized spacial score (nSPS) is 10.8. The highest BCUT2D eigenvalue weighted by Crippen LogP contribution is 2.22. The summed E-state index contributed by atoms with van der Waals surface area (Å²) in [5, 5.41) is 16.1. The number of hydrogen-bond donors (Lipinski definition) is 3. The summed E-state index contributed by atoms with van der Waals surface area (Å²) in [6, 6.07) is 0. The average molecular weight is 242 g/mol. The number of aliphatic hydroxyl groups is 1. The fraction of sp³-hybridized carbons (Fsp3) is 0.727. The van der Waals surface area contributed by atoms with Gasteiger partial charge in [-0.3, -0.25) is 4.68 Å². The van der Waals surface area contributed by atoms with Crippen LogP contribution in [0.25, 0.3) is 0 Å². The Morgan fingerprint density at radius 1 is 1.47 bits per heavy atom. The van der Waals surface area contributed by atoms with Crippen molar-refractivity contribution in [3.63, 3.8) is 0 Å². The molecule has 0 fully saturated rings. The van der Waals surface area contributed by atoms with Gasteiger partial charge in [-0.2, -0.15) is 5.10 Å². The number of nitrogens with two attached hydrogens (primary N) is 1. The van der Waals surface area contributed by atoms with Gasteiger partial charge >= 0.3 is 0 Å². The van der Waals surface area contributed by atoms with E-state index in [2.05, 4.69) is 17.3 Å². The van der Waals surface area contributed by atoms with Gasteiger partial charge in [0.1, 0.15) is 5.82 Å². The topological polar surface area (TPSA) is 85.3 Å². The molecule has 1 rings (SSSR count). The largest absolute Gasteiger partial charge is 0.394 e. The van der Waals surface area contributed by atoms with Crippen LogP contribution in [-0.2, 0) is 18.2 Å². The number of aryl methyl sites for hydroxylation is 2. The summed E-state index contributed by atoms with van der Waals surface area (Å²) < 4.78 is 6.91. The van der Waals surface area contributed by atoms with Gasteiger partial charge in [0.15, 0.2) is 0 Å². The van der Waals surface area contributed by atoms with E-state index >= 15 is 0 Å². The van der Waals surface area contributed by atoms with E-state index in [0.717, 1.165) is 30.0 Å². The van der Waals surface area contributed by atoms with Crippen LogP contribution in [0.5, 0.6) is 0 Å². The smallest absolute Gasteiger partial charge is 0.147 e. The molecule has 1 aromatic heterocycles. The van der Waals surface area contributed by atoms with Gasteiger partial charge in [-0.15, -0.1) is 0 Å². The van der Waals surface area contributed by atoms with Gasteiger partial charge in [0.25, 0.3) is 0 Å². The molecule has 6 nitrogen and oxygen atoms in total. The van der Waals surface area contributed by atoms with Crippen LogP contribution in [0.3, 0.4) is 0 Å². The number of hydrogen-bond acceptors (Lipinski definition) is 5. The Kier molecular flexibility index (Phi) is 5.79. The Labute approximate surface area is 102 Å². The lowest BCUT2D eigenvalue weighted by atomic mass is 10.2. The molecular formula is C11H22N4O2. The highest BCUT2D eigenvalue weighted by molar-refractivity contribution is 5.64. The van der Waals surface area contributed by atoms with Crippen molar-refractivity contribution >= 4 is 11.5 Å². The molecule has 0 atom stereocenters. The number of aromatic nitrogens is 2. The molecule has 0 radical (unpaired) electrons. The van der Waals surface area contributed by atoms with Gasteiger partial charge in [-0.25, -0.2) is 0 Å². The van der Waals surface area contributed by atoms with Crippen LogP contribution < -0.4 is 11.1 Å². The maximum absolute atomic E-state index is 8.55. The Bertz CT molecular complexity index is 338. The summed E-state index contributed by atoms with van der Waals surface area (Å²) in [5.41, 5.74) is 7.66. The second-order valence-corrected chi connectivity index (χ2v) is 3.85. The first kappa shape index (κ1) is 13.8. The van der Waals surface area contributed by atoms with E-state index in [4.69, 9.17) is 15.6 Å². The van der Waals surface area contributed by atoms with Crippen molar-refractivity contribution in [2.24, 2.45) is 7.05 Å². The number of rotatable bonds is 8. The zero-order valence-electron chi connectivity index (χ0n) is 10.6. The predicted octanol–water partition coefficient (Wildman–Crippen LogP) is 0.376. The fourth-order valence-corrected chi connectivity index (χ4v) is 1.64. The van der Waals surface area contributed by atoms with Crippen LogP contribution in [0.2, 0.25) is 0 Å². The molecule has 4 N–H and O–H groups in total. The monoisotopic (exact) mass is 242 g/mol. The van der Waals surface area contributed by atoms with E-state index in [9.17, 15) is 0 Å². The van der Waals surface area contributed by atoms with Crippen LogP contribution in [0.15, 0.2) is 0 Å². The van der Waals surface area contributed by atoms with E-state index in [1.807, 2.05) is 7.05 Å². The van der Waals surface area contributed by atoms with Gasteiger partial charge in [-0.1, -0.05) is 13.3 Å². The van der Waals surface area contributed by atoms with Crippen LogP contribution in [0, 0.1) is 0 Å². The van der Waals surface area contributed by atoms with E-state index in [1.54, 1.807) is 4.68 Å². The zero-order valence-corrected chi connectivity index (χ0v) is 10.6. The molecular weight excluding hydrogens is 220 g/mol. The van der Waals surface area contributed by atoms with E-state index in [-0.39, 0.29) is 6.61 Å². The van der Waals surface area contributed by atoms with Crippen molar-refractivity contribution in [1.82, 2.24) is 9.78 Å². The van der Waals surface area contributed by atoms with Gasteiger partial charge < -0.3 is 20.9 Å². The lowest BCUT2D eigenvalue weighted by molar-refractivity contribution is 0.0991. The molecule has 0 aliphatic carbocycles. The Morgan fingerprint density at radius 3 is 2.88 bits per heavy atom. The molecule has 0 spiro atoms. The first-order valence-corrected chi connectivity index (χ1v) is 5.94. The number of nitrogens with zero attached hydrogens (tertiary/aromatic N) is 2. The minimum Gasteiger partial charge on any atom is -0.394 e. The third-order valence-corrected chi connectivity index (χ3v) is 2.42. The third-order valence-electron chi connectivity index (χ3n) is 2.42. The van der Waals surface area contributed by atoms with E-state index in [1.165, 1.54) is 0 Å². The SMILES string of the molecule is CCCc1nn(C)c(NCCOCCO)c1N. The highest BCUT2D eigenvalue weighted by Gasteiger charge is 2.11. The van der Waals surface area contributed by atoms with Crippen LogP contribution in [-0.4, -0.2) is 41.3 Å². The van der Waals surface area contributed by atoms with E-state index in [0.29, 0.717) is 19.8 Å². The van der Waals surface area contributed by atoms with Crippen molar-refractivity contribution in [3.8, 4) is 0 Å². The minimum atomic E-state index is 0.0501. The molecule has 6 heteroatoms. The molecule has 17 heavy (non-hydrogen) atoms. The maximum atomic E-state index is 8.55. The molecule has 0 bridgehead atoms. The second kappa shape index (κ2) is 7.13. The minimum absolute atomic E-state index is 0.0501. The molecule has 0 saturated carbocycles. The number of nitrogens with one attached hydrogen (secondary N) is 1. The molecule has 0 amide bonds. The molecule has 1 heterocycles. The highest BCUT2D eigenvalue weighted by atomic mass is 16.5. The standard InChI is InChI=1S/C11H22N4O2/c1-3-4-9-10(12)11(15(2)14-9)13-5-7-17-8-6-16/h13,16H,3-8,12H2,1-2H3. The number of ether oxygens (including phenoxy) is 1. The average Bonchev–Trinajstić information content (AvgIpc) is 2.56. The summed E-state index contributed by atoms with van der Waals surface area (Å²) in [4.78, 5) is 0. The summed E-state index contributed by atoms with van der Waals surface area (Å²) in [6.45, 7) is 3.70. The van der Waals surface area contributed by atoms with Crippen molar-refractivity contribution < 1.29 is 9.84 Å². The Balaban J connectivity index is 2.47. The summed E-state index contributed by atoms with van der Waals surface area (Å²) >= 11 is 0. The van der Waals surface area contributed by atoms with Crippen LogP contribution in [0.4, 0.5) is 11.5 Å². The molecule has 1 aromatic rings. The molecule has 0 saturated heterocycles. The molecule has 0 aliphatic heterocycles. The lowest BCUT2D eigenvalue weighted by Crippen LogP contribution is -2.14. The quantitative estimate of drug-likeness (QED) is 0.574. The van der Waals surface area contributed by atoms with Crippen LogP contribution >= 0.6 is 0 Å². The molecule has 0 aliphatic rings. The zero-order chi connectivity index (χ0) is 12.7. The fourth-order valence-electron chi connectivity index (χ4n) is 1.64. The summed E-state index contributed by atoms with van der Waals surface area (Å²) in [6.07, 6.45) is 1.92. The number of aliphatic hydroxyl groups excluding tert-OH is 1. The van der Waals surface area contributed by atoms with Gasteiger partial charge in [0.2, 0.25) is 0 Å². The molecule has 98 valence electrons.